The molecule has 12 heavy (non-hydrogen) atoms. The average molecular weight is 178 g/mol. The van der Waals surface area contributed by atoms with Gasteiger partial charge in [0.1, 0.15) is 0 Å². The standard InChI is InChI=1S/C11H15P/c12-11-7-5-10(6-8-11)9-3-1-2-4-9/h5-9H,1-4,12H2. The molecule has 0 aliphatic heterocycles. The van der Waals surface area contributed by atoms with Crippen molar-refractivity contribution >= 4 is 14.5 Å². The van der Waals surface area contributed by atoms with Gasteiger partial charge in [0.15, 0.2) is 0 Å². The lowest BCUT2D eigenvalue weighted by molar-refractivity contribution is 0.723. The molecule has 1 unspecified atom stereocenters. The van der Waals surface area contributed by atoms with Crippen molar-refractivity contribution in [1.29, 1.82) is 0 Å². The predicted molar refractivity (Wildman–Crippen MR) is 57.0 cm³/mol. The fourth-order valence-electron chi connectivity index (χ4n) is 2.03. The van der Waals surface area contributed by atoms with Crippen LogP contribution >= 0.6 is 9.24 Å². The topological polar surface area (TPSA) is 0 Å². The molecule has 1 saturated carbocycles. The molecule has 0 amide bonds. The Morgan fingerprint density at radius 2 is 1.58 bits per heavy atom. The Labute approximate surface area is 76.6 Å². The SMILES string of the molecule is Pc1ccc(C2CCCC2)cc1. The molecule has 0 spiro atoms. The van der Waals surface area contributed by atoms with E-state index in [0.29, 0.717) is 0 Å². The fraction of sp³-hybridized carbons (Fsp3) is 0.455. The molecular formula is C11H15P. The van der Waals surface area contributed by atoms with Gasteiger partial charge in [0.2, 0.25) is 0 Å². The van der Waals surface area contributed by atoms with Crippen molar-refractivity contribution in [2.45, 2.75) is 31.6 Å². The zero-order valence-electron chi connectivity index (χ0n) is 7.29. The van der Waals surface area contributed by atoms with Gasteiger partial charge in [0, 0.05) is 0 Å². The second kappa shape index (κ2) is 3.58. The van der Waals surface area contributed by atoms with E-state index >= 15 is 0 Å². The summed E-state index contributed by atoms with van der Waals surface area (Å²) in [5, 5.41) is 1.29. The molecule has 1 aliphatic rings. The van der Waals surface area contributed by atoms with Crippen LogP contribution in [0.15, 0.2) is 24.3 Å². The van der Waals surface area contributed by atoms with Crippen LogP contribution in [0.4, 0.5) is 0 Å². The third kappa shape index (κ3) is 1.69. The van der Waals surface area contributed by atoms with Crippen molar-refractivity contribution in [2.24, 2.45) is 0 Å². The summed E-state index contributed by atoms with van der Waals surface area (Å²) in [5.74, 6) is 0.857. The van der Waals surface area contributed by atoms with E-state index in [1.807, 2.05) is 0 Å². The van der Waals surface area contributed by atoms with Crippen molar-refractivity contribution in [2.75, 3.05) is 0 Å². The van der Waals surface area contributed by atoms with Crippen LogP contribution in [0.5, 0.6) is 0 Å². The third-order valence-corrected chi connectivity index (χ3v) is 3.15. The Morgan fingerprint density at radius 1 is 1.00 bits per heavy atom. The smallest absolute Gasteiger partial charge is 0.0162 e. The fourth-order valence-corrected chi connectivity index (χ4v) is 2.22. The summed E-state index contributed by atoms with van der Waals surface area (Å²) in [6, 6.07) is 8.94. The normalized spacial score (nSPS) is 18.4. The molecule has 0 nitrogen and oxygen atoms in total. The van der Waals surface area contributed by atoms with Gasteiger partial charge in [-0.3, -0.25) is 0 Å². The molecule has 1 heteroatoms. The summed E-state index contributed by atoms with van der Waals surface area (Å²) in [6.45, 7) is 0. The highest BCUT2D eigenvalue weighted by Crippen LogP contribution is 2.33. The quantitative estimate of drug-likeness (QED) is 0.580. The number of hydrogen-bond acceptors (Lipinski definition) is 0. The lowest BCUT2D eigenvalue weighted by Gasteiger charge is -2.08. The molecule has 0 N–H and O–H groups in total. The Bertz CT molecular complexity index is 244. The zero-order valence-corrected chi connectivity index (χ0v) is 8.45. The Balaban J connectivity index is 2.17. The van der Waals surface area contributed by atoms with Gasteiger partial charge >= 0.3 is 0 Å². The van der Waals surface area contributed by atoms with Gasteiger partial charge in [0.05, 0.1) is 0 Å². The molecule has 0 aromatic heterocycles. The van der Waals surface area contributed by atoms with Crippen LogP contribution < -0.4 is 5.30 Å². The molecule has 0 radical (unpaired) electrons. The predicted octanol–water partition coefficient (Wildman–Crippen LogP) is 2.84. The first-order chi connectivity index (χ1) is 5.86. The first kappa shape index (κ1) is 8.26. The highest BCUT2D eigenvalue weighted by molar-refractivity contribution is 7.27. The minimum Gasteiger partial charge on any atom is -0.106 e. The van der Waals surface area contributed by atoms with Gasteiger partial charge < -0.3 is 0 Å². The number of rotatable bonds is 1. The lowest BCUT2D eigenvalue weighted by Crippen LogP contribution is -1.95. The van der Waals surface area contributed by atoms with Gasteiger partial charge in [-0.25, -0.2) is 0 Å². The molecule has 0 heterocycles. The Morgan fingerprint density at radius 3 is 2.17 bits per heavy atom. The van der Waals surface area contributed by atoms with Gasteiger partial charge in [-0.1, -0.05) is 37.1 Å². The lowest BCUT2D eigenvalue weighted by atomic mass is 9.98. The molecule has 1 fully saturated rings. The van der Waals surface area contributed by atoms with Crippen molar-refractivity contribution in [3.05, 3.63) is 29.8 Å². The van der Waals surface area contributed by atoms with E-state index < -0.39 is 0 Å². The van der Waals surface area contributed by atoms with E-state index in [0.717, 1.165) is 5.92 Å². The molecule has 2 rings (SSSR count). The van der Waals surface area contributed by atoms with E-state index in [1.54, 1.807) is 5.56 Å². The molecule has 0 bridgehead atoms. The first-order valence-corrected chi connectivity index (χ1v) is 5.29. The molecule has 64 valence electrons. The van der Waals surface area contributed by atoms with Crippen LogP contribution in [0.1, 0.15) is 37.2 Å². The van der Waals surface area contributed by atoms with Gasteiger partial charge in [-0.2, -0.15) is 0 Å². The molecule has 1 aliphatic carbocycles. The molecule has 0 saturated heterocycles. The van der Waals surface area contributed by atoms with Crippen LogP contribution in [0.25, 0.3) is 0 Å². The summed E-state index contributed by atoms with van der Waals surface area (Å²) in [7, 11) is 2.73. The van der Waals surface area contributed by atoms with Crippen molar-refractivity contribution in [3.63, 3.8) is 0 Å². The van der Waals surface area contributed by atoms with Crippen LogP contribution in [-0.4, -0.2) is 0 Å². The van der Waals surface area contributed by atoms with E-state index in [2.05, 4.69) is 33.5 Å². The summed E-state index contributed by atoms with van der Waals surface area (Å²) in [5.41, 5.74) is 1.54. The zero-order chi connectivity index (χ0) is 8.39. The summed E-state index contributed by atoms with van der Waals surface area (Å²) in [6.07, 6.45) is 5.65. The molecule has 1 aromatic rings. The minimum absolute atomic E-state index is 0.857. The second-order valence-corrected chi connectivity index (χ2v) is 4.31. The summed E-state index contributed by atoms with van der Waals surface area (Å²) < 4.78 is 0. The monoisotopic (exact) mass is 178 g/mol. The van der Waals surface area contributed by atoms with E-state index in [9.17, 15) is 0 Å². The van der Waals surface area contributed by atoms with Crippen LogP contribution in [0, 0.1) is 0 Å². The number of hydrogen-bond donors (Lipinski definition) is 0. The number of benzene rings is 1. The van der Waals surface area contributed by atoms with Crippen molar-refractivity contribution in [1.82, 2.24) is 0 Å². The van der Waals surface area contributed by atoms with Crippen LogP contribution in [0.3, 0.4) is 0 Å². The van der Waals surface area contributed by atoms with Crippen LogP contribution in [-0.2, 0) is 0 Å². The van der Waals surface area contributed by atoms with E-state index in [1.165, 1.54) is 31.0 Å². The molecule has 1 atom stereocenters. The first-order valence-electron chi connectivity index (χ1n) is 4.72. The highest BCUT2D eigenvalue weighted by Gasteiger charge is 2.16. The van der Waals surface area contributed by atoms with Crippen molar-refractivity contribution in [3.8, 4) is 0 Å². The third-order valence-electron chi connectivity index (χ3n) is 2.76. The van der Waals surface area contributed by atoms with Gasteiger partial charge in [0.25, 0.3) is 0 Å². The Hall–Kier alpha value is -0.350. The van der Waals surface area contributed by atoms with Gasteiger partial charge in [-0.05, 0) is 29.6 Å². The summed E-state index contributed by atoms with van der Waals surface area (Å²) >= 11 is 0. The van der Waals surface area contributed by atoms with Gasteiger partial charge in [-0.15, -0.1) is 9.24 Å². The largest absolute Gasteiger partial charge is 0.106 e. The van der Waals surface area contributed by atoms with Crippen LogP contribution in [0.2, 0.25) is 0 Å². The second-order valence-electron chi connectivity index (χ2n) is 3.65. The Kier molecular flexibility index (Phi) is 2.46. The highest BCUT2D eigenvalue weighted by atomic mass is 31.0. The molecular weight excluding hydrogens is 163 g/mol. The maximum absolute atomic E-state index is 2.73. The van der Waals surface area contributed by atoms with E-state index in [-0.39, 0.29) is 0 Å². The minimum atomic E-state index is 0.857. The summed E-state index contributed by atoms with van der Waals surface area (Å²) in [4.78, 5) is 0. The average Bonchev–Trinajstić information content (AvgIpc) is 2.58. The van der Waals surface area contributed by atoms with E-state index in [4.69, 9.17) is 0 Å². The maximum Gasteiger partial charge on any atom is -0.0162 e. The molecule has 1 aromatic carbocycles. The van der Waals surface area contributed by atoms with Crippen molar-refractivity contribution < 1.29 is 0 Å². The maximum atomic E-state index is 2.73.